The summed E-state index contributed by atoms with van der Waals surface area (Å²) in [7, 11) is 4.10. The molecule has 0 unspecified atom stereocenters. The second-order valence-corrected chi connectivity index (χ2v) is 7.11. The predicted molar refractivity (Wildman–Crippen MR) is 127 cm³/mol. The molecule has 2 aromatic rings. The van der Waals surface area contributed by atoms with Gasteiger partial charge < -0.3 is 9.64 Å². The van der Waals surface area contributed by atoms with E-state index in [9.17, 15) is 0 Å². The zero-order valence-electron chi connectivity index (χ0n) is 18.2. The lowest BCUT2D eigenvalue weighted by Crippen LogP contribution is -2.19. The van der Waals surface area contributed by atoms with E-state index in [4.69, 9.17) is 4.74 Å². The number of rotatable bonds is 10. The van der Waals surface area contributed by atoms with Crippen LogP contribution in [0.2, 0.25) is 0 Å². The Morgan fingerprint density at radius 3 is 2.24 bits per heavy atom. The molecule has 0 saturated carbocycles. The fourth-order valence-electron chi connectivity index (χ4n) is 3.27. The molecule has 0 spiro atoms. The number of likely N-dealkylation sites (N-methyl/N-ethyl adjacent to an activating group) is 1. The molecule has 0 radical (unpaired) electrons. The summed E-state index contributed by atoms with van der Waals surface area (Å²) in [4.78, 5) is 2.12. The smallest absolute Gasteiger partial charge is 0.119 e. The highest BCUT2D eigenvalue weighted by Gasteiger charge is 2.13. The van der Waals surface area contributed by atoms with Gasteiger partial charge in [-0.15, -0.1) is 0 Å². The maximum absolute atomic E-state index is 5.88. The number of nitrogens with zero attached hydrogens (tertiary/aromatic N) is 1. The normalized spacial score (nSPS) is 12.9. The Kier molecular flexibility index (Phi) is 9.20. The molecule has 0 aliphatic carbocycles. The summed E-state index contributed by atoms with van der Waals surface area (Å²) in [6, 6.07) is 19.0. The Morgan fingerprint density at radius 1 is 1.00 bits per heavy atom. The van der Waals surface area contributed by atoms with Gasteiger partial charge in [-0.3, -0.25) is 0 Å². The summed E-state index contributed by atoms with van der Waals surface area (Å²) in [5.74, 6) is 0.896. The molecule has 0 heterocycles. The highest BCUT2D eigenvalue weighted by molar-refractivity contribution is 5.99. The van der Waals surface area contributed by atoms with Crippen LogP contribution in [0.1, 0.15) is 31.4 Å². The van der Waals surface area contributed by atoms with Crippen LogP contribution in [-0.4, -0.2) is 32.1 Å². The molecule has 0 aliphatic heterocycles. The van der Waals surface area contributed by atoms with Crippen LogP contribution in [-0.2, 0) is 0 Å². The van der Waals surface area contributed by atoms with Crippen molar-refractivity contribution in [3.8, 4) is 5.75 Å². The third-order valence-corrected chi connectivity index (χ3v) is 4.66. The third kappa shape index (κ3) is 6.62. The lowest BCUT2D eigenvalue weighted by Gasteiger charge is -2.18. The monoisotopic (exact) mass is 387 g/mol. The zero-order chi connectivity index (χ0) is 21.1. The number of hydrogen-bond acceptors (Lipinski definition) is 2. The molecular weight excluding hydrogens is 354 g/mol. The summed E-state index contributed by atoms with van der Waals surface area (Å²) in [6.45, 7) is 9.76. The summed E-state index contributed by atoms with van der Waals surface area (Å²) >= 11 is 0. The molecule has 0 bridgehead atoms. The largest absolute Gasteiger partial charge is 0.492 e. The first-order chi connectivity index (χ1) is 14.1. The van der Waals surface area contributed by atoms with Gasteiger partial charge in [0, 0.05) is 6.54 Å². The Hall–Kier alpha value is -2.84. The molecule has 29 heavy (non-hydrogen) atoms. The summed E-state index contributed by atoms with van der Waals surface area (Å²) in [5.41, 5.74) is 6.13. The van der Waals surface area contributed by atoms with Crippen LogP contribution < -0.4 is 4.74 Å². The van der Waals surface area contributed by atoms with E-state index in [0.717, 1.165) is 24.3 Å². The maximum atomic E-state index is 5.88. The SMILES string of the molecule is C=C/C=C(\C=C/C)C(=C(\CC)c1ccccc1)/c1ccc(OCCN(C)C)cc1. The molecule has 0 N–H and O–H groups in total. The fraction of sp³-hybridized carbons (Fsp3) is 0.259. The van der Waals surface area contributed by atoms with Crippen molar-refractivity contribution in [3.05, 3.63) is 102 Å². The fourth-order valence-corrected chi connectivity index (χ4v) is 3.27. The second-order valence-electron chi connectivity index (χ2n) is 7.11. The summed E-state index contributed by atoms with van der Waals surface area (Å²) < 4.78 is 5.88. The average molecular weight is 388 g/mol. The molecule has 2 rings (SSSR count). The van der Waals surface area contributed by atoms with Crippen molar-refractivity contribution in [1.29, 1.82) is 0 Å². The number of benzene rings is 2. The molecule has 0 fully saturated rings. The molecule has 0 aromatic heterocycles. The molecule has 2 aromatic carbocycles. The number of allylic oxidation sites excluding steroid dienone is 7. The molecule has 0 atom stereocenters. The molecule has 0 saturated heterocycles. The van der Waals surface area contributed by atoms with Gasteiger partial charge in [-0.05, 0) is 67.4 Å². The van der Waals surface area contributed by atoms with E-state index >= 15 is 0 Å². The van der Waals surface area contributed by atoms with Gasteiger partial charge in [0.1, 0.15) is 12.4 Å². The first-order valence-electron chi connectivity index (χ1n) is 10.2. The van der Waals surface area contributed by atoms with Crippen molar-refractivity contribution in [2.75, 3.05) is 27.2 Å². The lowest BCUT2D eigenvalue weighted by atomic mass is 9.87. The molecule has 0 aliphatic rings. The number of ether oxygens (including phenoxy) is 1. The van der Waals surface area contributed by atoms with E-state index in [1.165, 1.54) is 22.3 Å². The predicted octanol–water partition coefficient (Wildman–Crippen LogP) is 6.64. The van der Waals surface area contributed by atoms with Crippen LogP contribution in [0.15, 0.2) is 91.1 Å². The van der Waals surface area contributed by atoms with Crippen molar-refractivity contribution in [2.45, 2.75) is 20.3 Å². The van der Waals surface area contributed by atoms with E-state index < -0.39 is 0 Å². The summed E-state index contributed by atoms with van der Waals surface area (Å²) in [5, 5.41) is 0. The Balaban J connectivity index is 2.52. The van der Waals surface area contributed by atoms with Gasteiger partial charge in [-0.1, -0.05) is 80.3 Å². The quantitative estimate of drug-likeness (QED) is 0.335. The molecule has 2 nitrogen and oxygen atoms in total. The van der Waals surface area contributed by atoms with Crippen molar-refractivity contribution in [1.82, 2.24) is 4.90 Å². The van der Waals surface area contributed by atoms with E-state index in [2.05, 4.69) is 91.2 Å². The third-order valence-electron chi connectivity index (χ3n) is 4.66. The van der Waals surface area contributed by atoms with Crippen LogP contribution >= 0.6 is 0 Å². The minimum atomic E-state index is 0.680. The van der Waals surface area contributed by atoms with Crippen LogP contribution in [0.25, 0.3) is 11.1 Å². The van der Waals surface area contributed by atoms with Crippen LogP contribution in [0, 0.1) is 0 Å². The highest BCUT2D eigenvalue weighted by Crippen LogP contribution is 2.35. The minimum Gasteiger partial charge on any atom is -0.492 e. The lowest BCUT2D eigenvalue weighted by molar-refractivity contribution is 0.261. The van der Waals surface area contributed by atoms with Crippen molar-refractivity contribution >= 4 is 11.1 Å². The van der Waals surface area contributed by atoms with Crippen LogP contribution in [0.4, 0.5) is 0 Å². The van der Waals surface area contributed by atoms with E-state index in [0.29, 0.717) is 6.61 Å². The molecule has 2 heteroatoms. The van der Waals surface area contributed by atoms with Crippen LogP contribution in [0.5, 0.6) is 5.75 Å². The minimum absolute atomic E-state index is 0.680. The van der Waals surface area contributed by atoms with Crippen LogP contribution in [0.3, 0.4) is 0 Å². The maximum Gasteiger partial charge on any atom is 0.119 e. The molecule has 152 valence electrons. The van der Waals surface area contributed by atoms with Crippen molar-refractivity contribution in [3.63, 3.8) is 0 Å². The van der Waals surface area contributed by atoms with Gasteiger partial charge in [0.05, 0.1) is 0 Å². The summed E-state index contributed by atoms with van der Waals surface area (Å²) in [6.07, 6.45) is 9.09. The first kappa shape index (κ1) is 22.4. The van der Waals surface area contributed by atoms with Gasteiger partial charge in [0.15, 0.2) is 0 Å². The Bertz CT molecular complexity index is 855. The number of hydrogen-bond donors (Lipinski definition) is 0. The second kappa shape index (κ2) is 11.9. The molecular formula is C27H33NO. The molecule has 0 amide bonds. The van der Waals surface area contributed by atoms with Crippen molar-refractivity contribution < 1.29 is 4.74 Å². The van der Waals surface area contributed by atoms with E-state index in [1.54, 1.807) is 0 Å². The topological polar surface area (TPSA) is 12.5 Å². The van der Waals surface area contributed by atoms with Gasteiger partial charge in [0.25, 0.3) is 0 Å². The average Bonchev–Trinajstić information content (AvgIpc) is 2.73. The Labute approximate surface area is 176 Å². The van der Waals surface area contributed by atoms with Crippen molar-refractivity contribution in [2.24, 2.45) is 0 Å². The van der Waals surface area contributed by atoms with E-state index in [1.807, 2.05) is 27.1 Å². The van der Waals surface area contributed by atoms with Gasteiger partial charge in [-0.25, -0.2) is 0 Å². The standard InChI is InChI=1S/C27H33NO/c1-6-12-23(13-7-2)27(26(8-3)22-14-10-9-11-15-22)24-16-18-25(19-17-24)29-21-20-28(4)5/h6-7,9-19H,1,8,20-21H2,2-5H3/b13-7-,23-12+,27-26-. The van der Waals surface area contributed by atoms with Gasteiger partial charge >= 0.3 is 0 Å². The van der Waals surface area contributed by atoms with Gasteiger partial charge in [-0.2, -0.15) is 0 Å². The zero-order valence-corrected chi connectivity index (χ0v) is 18.2. The van der Waals surface area contributed by atoms with E-state index in [-0.39, 0.29) is 0 Å². The Morgan fingerprint density at radius 2 is 1.69 bits per heavy atom. The van der Waals surface area contributed by atoms with Gasteiger partial charge in [0.2, 0.25) is 0 Å². The first-order valence-corrected chi connectivity index (χ1v) is 10.2. The highest BCUT2D eigenvalue weighted by atomic mass is 16.5.